The molecule has 1 unspecified atom stereocenters. The molecule has 1 atom stereocenters. The minimum absolute atomic E-state index is 0.247. The summed E-state index contributed by atoms with van der Waals surface area (Å²) in [5.74, 6) is 0. The second-order valence-electron chi connectivity index (χ2n) is 5.44. The minimum Gasteiger partial charge on any atom is -0.330 e. The minimum atomic E-state index is 0.247. The van der Waals surface area contributed by atoms with Crippen molar-refractivity contribution in [3.8, 4) is 0 Å². The first-order valence-corrected chi connectivity index (χ1v) is 5.45. The van der Waals surface area contributed by atoms with Gasteiger partial charge in [0.2, 0.25) is 0 Å². The summed E-state index contributed by atoms with van der Waals surface area (Å²) >= 11 is 0. The van der Waals surface area contributed by atoms with Crippen molar-refractivity contribution in [3.63, 3.8) is 0 Å². The molecule has 1 heteroatoms. The molecule has 0 radical (unpaired) electrons. The Bertz CT molecular complexity index is 250. The molecule has 0 fully saturated rings. The van der Waals surface area contributed by atoms with Gasteiger partial charge in [-0.05, 0) is 43.6 Å². The van der Waals surface area contributed by atoms with Gasteiger partial charge in [0, 0.05) is 0 Å². The average Bonchev–Trinajstić information content (AvgIpc) is 2.00. The third kappa shape index (κ3) is 2.48. The molecule has 2 N–H and O–H groups in total. The molecule has 0 aromatic rings. The van der Waals surface area contributed by atoms with Crippen molar-refractivity contribution in [3.05, 3.63) is 24.3 Å². The predicted octanol–water partition coefficient (Wildman–Crippen LogP) is 3.27. The van der Waals surface area contributed by atoms with Crippen LogP contribution in [0.25, 0.3) is 0 Å². The van der Waals surface area contributed by atoms with E-state index in [4.69, 9.17) is 5.73 Å². The highest BCUT2D eigenvalue weighted by Crippen LogP contribution is 2.47. The van der Waals surface area contributed by atoms with E-state index in [0.717, 1.165) is 19.4 Å². The fourth-order valence-electron chi connectivity index (χ4n) is 3.00. The van der Waals surface area contributed by atoms with E-state index >= 15 is 0 Å². The first kappa shape index (κ1) is 11.5. The number of hydrogen-bond acceptors (Lipinski definition) is 1. The fraction of sp³-hybridized carbons (Fsp3) is 0.692. The van der Waals surface area contributed by atoms with Crippen LogP contribution in [0, 0.1) is 10.8 Å². The summed E-state index contributed by atoms with van der Waals surface area (Å²) in [4.78, 5) is 0. The van der Waals surface area contributed by atoms with E-state index in [0.29, 0.717) is 5.41 Å². The zero-order chi connectivity index (χ0) is 10.8. The molecule has 0 heterocycles. The van der Waals surface area contributed by atoms with Gasteiger partial charge in [-0.2, -0.15) is 0 Å². The zero-order valence-electron chi connectivity index (χ0n) is 9.77. The van der Waals surface area contributed by atoms with Gasteiger partial charge >= 0.3 is 0 Å². The fourth-order valence-corrected chi connectivity index (χ4v) is 3.00. The summed E-state index contributed by atoms with van der Waals surface area (Å²) in [5, 5.41) is 0. The summed E-state index contributed by atoms with van der Waals surface area (Å²) < 4.78 is 0. The number of rotatable bonds is 3. The molecule has 14 heavy (non-hydrogen) atoms. The van der Waals surface area contributed by atoms with Crippen LogP contribution in [0.5, 0.6) is 0 Å². The molecule has 0 aromatic heterocycles. The number of nitrogens with two attached hydrogens (primary N) is 1. The summed E-state index contributed by atoms with van der Waals surface area (Å²) in [5.41, 5.74) is 7.71. The summed E-state index contributed by atoms with van der Waals surface area (Å²) in [6.45, 7) is 11.6. The molecule has 0 aliphatic heterocycles. The van der Waals surface area contributed by atoms with Crippen molar-refractivity contribution in [2.24, 2.45) is 16.6 Å². The first-order valence-electron chi connectivity index (χ1n) is 5.45. The maximum atomic E-state index is 5.69. The van der Waals surface area contributed by atoms with E-state index in [1.807, 2.05) is 0 Å². The Balaban J connectivity index is 2.92. The van der Waals surface area contributed by atoms with Gasteiger partial charge in [-0.15, -0.1) is 6.58 Å². The zero-order valence-corrected chi connectivity index (χ0v) is 9.77. The third-order valence-corrected chi connectivity index (χ3v) is 3.15. The van der Waals surface area contributed by atoms with Crippen LogP contribution in [0.1, 0.15) is 40.0 Å². The van der Waals surface area contributed by atoms with Gasteiger partial charge in [0.25, 0.3) is 0 Å². The second-order valence-corrected chi connectivity index (χ2v) is 5.44. The van der Waals surface area contributed by atoms with Gasteiger partial charge in [-0.3, -0.25) is 0 Å². The van der Waals surface area contributed by atoms with Crippen molar-refractivity contribution in [1.82, 2.24) is 0 Å². The lowest BCUT2D eigenvalue weighted by molar-refractivity contribution is 0.215. The molecule has 0 bridgehead atoms. The van der Waals surface area contributed by atoms with Crippen LogP contribution in [0.4, 0.5) is 0 Å². The molecule has 0 saturated heterocycles. The van der Waals surface area contributed by atoms with Crippen LogP contribution < -0.4 is 5.73 Å². The molecule has 1 aliphatic rings. The number of hydrogen-bond donors (Lipinski definition) is 1. The predicted molar refractivity (Wildman–Crippen MR) is 63.1 cm³/mol. The van der Waals surface area contributed by atoms with Gasteiger partial charge in [-0.1, -0.05) is 31.6 Å². The summed E-state index contributed by atoms with van der Waals surface area (Å²) in [6, 6.07) is 0. The monoisotopic (exact) mass is 193 g/mol. The van der Waals surface area contributed by atoms with Crippen molar-refractivity contribution in [2.45, 2.75) is 40.0 Å². The number of allylic oxidation sites excluding steroid dienone is 3. The molecule has 0 saturated carbocycles. The van der Waals surface area contributed by atoms with Gasteiger partial charge in [0.15, 0.2) is 0 Å². The van der Waals surface area contributed by atoms with E-state index in [-0.39, 0.29) is 5.41 Å². The van der Waals surface area contributed by atoms with Crippen molar-refractivity contribution < 1.29 is 0 Å². The van der Waals surface area contributed by atoms with E-state index in [1.54, 1.807) is 0 Å². The summed E-state index contributed by atoms with van der Waals surface area (Å²) in [6.07, 6.45) is 7.89. The standard InChI is InChI=1S/C13H23N/c1-5-13(6-7-14)9-11(2)8-12(3,4)10-13/h5,8H,1,6-7,9-10,14H2,2-4H3. The van der Waals surface area contributed by atoms with E-state index in [1.165, 1.54) is 12.0 Å². The summed E-state index contributed by atoms with van der Waals surface area (Å²) in [7, 11) is 0. The first-order chi connectivity index (χ1) is 6.43. The van der Waals surface area contributed by atoms with Crippen LogP contribution in [-0.4, -0.2) is 6.54 Å². The SMILES string of the molecule is C=CC1(CCN)CC(C)=CC(C)(C)C1. The molecule has 1 aliphatic carbocycles. The second kappa shape index (κ2) is 3.90. The quantitative estimate of drug-likeness (QED) is 0.684. The van der Waals surface area contributed by atoms with Gasteiger partial charge in [0.05, 0.1) is 0 Å². The molecule has 0 spiro atoms. The lowest BCUT2D eigenvalue weighted by atomic mass is 9.63. The van der Waals surface area contributed by atoms with Gasteiger partial charge in [-0.25, -0.2) is 0 Å². The molecule has 80 valence electrons. The Morgan fingerprint density at radius 1 is 1.57 bits per heavy atom. The smallest absolute Gasteiger partial charge is 0.00639 e. The van der Waals surface area contributed by atoms with Crippen LogP contribution in [0.2, 0.25) is 0 Å². The highest BCUT2D eigenvalue weighted by molar-refractivity contribution is 5.18. The van der Waals surface area contributed by atoms with E-state index in [9.17, 15) is 0 Å². The van der Waals surface area contributed by atoms with Gasteiger partial charge < -0.3 is 5.73 Å². The topological polar surface area (TPSA) is 26.0 Å². The van der Waals surface area contributed by atoms with Crippen molar-refractivity contribution in [1.29, 1.82) is 0 Å². The Hall–Kier alpha value is -0.560. The lowest BCUT2D eigenvalue weighted by Gasteiger charge is -2.41. The normalized spacial score (nSPS) is 31.0. The van der Waals surface area contributed by atoms with Crippen molar-refractivity contribution >= 4 is 0 Å². The van der Waals surface area contributed by atoms with Crippen LogP contribution >= 0.6 is 0 Å². The largest absolute Gasteiger partial charge is 0.330 e. The molecular weight excluding hydrogens is 170 g/mol. The highest BCUT2D eigenvalue weighted by atomic mass is 14.5. The molecule has 1 nitrogen and oxygen atoms in total. The maximum Gasteiger partial charge on any atom is -0.00639 e. The molecule has 0 aromatic carbocycles. The van der Waals surface area contributed by atoms with Crippen molar-refractivity contribution in [2.75, 3.05) is 6.54 Å². The van der Waals surface area contributed by atoms with Crippen LogP contribution in [0.3, 0.4) is 0 Å². The molecule has 1 rings (SSSR count). The Labute approximate surface area is 88.1 Å². The Morgan fingerprint density at radius 3 is 2.64 bits per heavy atom. The lowest BCUT2D eigenvalue weighted by Crippen LogP contribution is -2.32. The van der Waals surface area contributed by atoms with E-state index < -0.39 is 0 Å². The molecule has 0 amide bonds. The third-order valence-electron chi connectivity index (χ3n) is 3.15. The Morgan fingerprint density at radius 2 is 2.21 bits per heavy atom. The maximum absolute atomic E-state index is 5.69. The molecular formula is C13H23N. The Kier molecular flexibility index (Phi) is 3.20. The highest BCUT2D eigenvalue weighted by Gasteiger charge is 2.36. The van der Waals surface area contributed by atoms with Crippen LogP contribution in [0.15, 0.2) is 24.3 Å². The van der Waals surface area contributed by atoms with E-state index in [2.05, 4.69) is 39.5 Å². The van der Waals surface area contributed by atoms with Crippen LogP contribution in [-0.2, 0) is 0 Å². The van der Waals surface area contributed by atoms with Gasteiger partial charge in [0.1, 0.15) is 0 Å². The average molecular weight is 193 g/mol.